The first kappa shape index (κ1) is 15.5. The summed E-state index contributed by atoms with van der Waals surface area (Å²) in [5, 5.41) is 28.2. The van der Waals surface area contributed by atoms with E-state index < -0.39 is 28.6 Å². The molecule has 2 amide bonds. The smallest absolute Gasteiger partial charge is 0.323 e. The van der Waals surface area contributed by atoms with Crippen LogP contribution in [0.4, 0.5) is 10.5 Å². The van der Waals surface area contributed by atoms with E-state index in [0.717, 1.165) is 24.3 Å². The number of imide groups is 1. The van der Waals surface area contributed by atoms with E-state index in [2.05, 4.69) is 0 Å². The van der Waals surface area contributed by atoms with Crippen molar-refractivity contribution in [1.82, 2.24) is 4.90 Å². The summed E-state index contributed by atoms with van der Waals surface area (Å²) in [5.41, 5.74) is -0.316. The summed E-state index contributed by atoms with van der Waals surface area (Å²) in [7, 11) is 0. The standard InChI is InChI=1S/C12H8N2O7S/c15-8-2-1-7(14(20)21)3-6(8)4-9-11(18)13(5-10(16)17)12(19)22-9/h1-4,15H,5H2,(H,16,17)/b9-4+. The summed E-state index contributed by atoms with van der Waals surface area (Å²) in [6.07, 6.45) is 1.11. The van der Waals surface area contributed by atoms with Crippen LogP contribution in [0.3, 0.4) is 0 Å². The van der Waals surface area contributed by atoms with Gasteiger partial charge < -0.3 is 10.2 Å². The van der Waals surface area contributed by atoms with Crippen molar-refractivity contribution in [2.45, 2.75) is 0 Å². The molecule has 0 atom stereocenters. The summed E-state index contributed by atoms with van der Waals surface area (Å²) in [5.74, 6) is -2.49. The molecule has 1 aromatic carbocycles. The number of carboxylic acid groups (broad SMARTS) is 1. The molecule has 1 aliphatic rings. The Balaban J connectivity index is 2.36. The summed E-state index contributed by atoms with van der Waals surface area (Å²) >= 11 is 0.496. The molecule has 1 aliphatic heterocycles. The lowest BCUT2D eigenvalue weighted by molar-refractivity contribution is -0.384. The quantitative estimate of drug-likeness (QED) is 0.481. The van der Waals surface area contributed by atoms with Gasteiger partial charge in [-0.15, -0.1) is 0 Å². The molecule has 1 fully saturated rings. The molecule has 0 bridgehead atoms. The van der Waals surface area contributed by atoms with Crippen LogP contribution in [0.15, 0.2) is 23.1 Å². The molecule has 1 saturated heterocycles. The zero-order valence-electron chi connectivity index (χ0n) is 10.8. The van der Waals surface area contributed by atoms with Crippen molar-refractivity contribution < 1.29 is 29.5 Å². The number of carbonyl (C=O) groups excluding carboxylic acids is 2. The highest BCUT2D eigenvalue weighted by Crippen LogP contribution is 2.34. The van der Waals surface area contributed by atoms with Crippen LogP contribution in [0.25, 0.3) is 6.08 Å². The zero-order chi connectivity index (χ0) is 16.4. The molecule has 114 valence electrons. The topological polar surface area (TPSA) is 138 Å². The van der Waals surface area contributed by atoms with Crippen molar-refractivity contribution in [2.24, 2.45) is 0 Å². The maximum Gasteiger partial charge on any atom is 0.323 e. The minimum Gasteiger partial charge on any atom is -0.507 e. The van der Waals surface area contributed by atoms with Crippen LogP contribution in [-0.2, 0) is 9.59 Å². The zero-order valence-corrected chi connectivity index (χ0v) is 11.6. The number of amides is 2. The highest BCUT2D eigenvalue weighted by Gasteiger charge is 2.36. The number of benzene rings is 1. The first-order chi connectivity index (χ1) is 10.3. The average Bonchev–Trinajstić information content (AvgIpc) is 2.68. The number of nitro benzene ring substituents is 1. The molecule has 1 aromatic rings. The molecule has 2 rings (SSSR count). The van der Waals surface area contributed by atoms with Gasteiger partial charge in [0.2, 0.25) is 0 Å². The Morgan fingerprint density at radius 3 is 2.68 bits per heavy atom. The maximum atomic E-state index is 11.9. The van der Waals surface area contributed by atoms with Crippen molar-refractivity contribution in [3.63, 3.8) is 0 Å². The largest absolute Gasteiger partial charge is 0.507 e. The summed E-state index contributed by atoms with van der Waals surface area (Å²) < 4.78 is 0. The number of carbonyl (C=O) groups is 3. The fourth-order valence-corrected chi connectivity index (χ4v) is 2.51. The molecule has 0 radical (unpaired) electrons. The average molecular weight is 324 g/mol. The van der Waals surface area contributed by atoms with E-state index in [1.807, 2.05) is 0 Å². The molecular weight excluding hydrogens is 316 g/mol. The van der Waals surface area contributed by atoms with E-state index in [1.165, 1.54) is 0 Å². The van der Waals surface area contributed by atoms with E-state index in [1.54, 1.807) is 0 Å². The van der Waals surface area contributed by atoms with Gasteiger partial charge in [0.25, 0.3) is 16.8 Å². The lowest BCUT2D eigenvalue weighted by Gasteiger charge is -2.07. The Morgan fingerprint density at radius 1 is 1.41 bits per heavy atom. The Bertz CT molecular complexity index is 728. The van der Waals surface area contributed by atoms with Gasteiger partial charge in [0, 0.05) is 17.7 Å². The predicted octanol–water partition coefficient (Wildman–Crippen LogP) is 1.42. The van der Waals surface area contributed by atoms with Gasteiger partial charge in [-0.3, -0.25) is 29.4 Å². The van der Waals surface area contributed by atoms with Crippen LogP contribution in [0.2, 0.25) is 0 Å². The van der Waals surface area contributed by atoms with E-state index in [-0.39, 0.29) is 21.9 Å². The van der Waals surface area contributed by atoms with E-state index in [4.69, 9.17) is 5.11 Å². The number of aromatic hydroxyl groups is 1. The number of rotatable bonds is 4. The second kappa shape index (κ2) is 5.85. The third-order valence-corrected chi connectivity index (χ3v) is 3.58. The molecule has 2 N–H and O–H groups in total. The summed E-state index contributed by atoms with van der Waals surface area (Å²) in [4.78, 5) is 44.5. The van der Waals surface area contributed by atoms with Gasteiger partial charge in [0.05, 0.1) is 9.83 Å². The van der Waals surface area contributed by atoms with E-state index >= 15 is 0 Å². The molecule has 0 spiro atoms. The van der Waals surface area contributed by atoms with Gasteiger partial charge in [-0.25, -0.2) is 0 Å². The number of nitro groups is 1. The van der Waals surface area contributed by atoms with Crippen LogP contribution in [0.1, 0.15) is 5.56 Å². The maximum absolute atomic E-state index is 11.9. The third-order valence-electron chi connectivity index (χ3n) is 2.68. The number of thioether (sulfide) groups is 1. The summed E-state index contributed by atoms with van der Waals surface area (Å²) in [6.45, 7) is -0.775. The SMILES string of the molecule is O=C(O)CN1C(=O)S/C(=C/c2cc([N+](=O)[O-])ccc2O)C1=O. The third kappa shape index (κ3) is 3.06. The number of carboxylic acids is 1. The highest BCUT2D eigenvalue weighted by molar-refractivity contribution is 8.18. The van der Waals surface area contributed by atoms with Crippen molar-refractivity contribution >= 4 is 40.6 Å². The minimum absolute atomic E-state index is 0.0185. The van der Waals surface area contributed by atoms with Gasteiger partial charge in [0.15, 0.2) is 0 Å². The first-order valence-corrected chi connectivity index (χ1v) is 6.56. The number of phenolic OH excluding ortho intramolecular Hbond substituents is 1. The van der Waals surface area contributed by atoms with Gasteiger partial charge in [-0.05, 0) is 23.9 Å². The fourth-order valence-electron chi connectivity index (χ4n) is 1.68. The lowest BCUT2D eigenvalue weighted by atomic mass is 10.1. The molecule has 9 nitrogen and oxygen atoms in total. The Morgan fingerprint density at radius 2 is 2.09 bits per heavy atom. The lowest BCUT2D eigenvalue weighted by Crippen LogP contribution is -2.33. The number of hydrogen-bond acceptors (Lipinski definition) is 7. The number of phenols is 1. The van der Waals surface area contributed by atoms with E-state index in [0.29, 0.717) is 16.7 Å². The van der Waals surface area contributed by atoms with Crippen LogP contribution in [0.5, 0.6) is 5.75 Å². The number of non-ortho nitro benzene ring substituents is 1. The van der Waals surface area contributed by atoms with Crippen LogP contribution in [-0.4, -0.2) is 43.7 Å². The van der Waals surface area contributed by atoms with Crippen LogP contribution >= 0.6 is 11.8 Å². The predicted molar refractivity (Wildman–Crippen MR) is 75.1 cm³/mol. The number of hydrogen-bond donors (Lipinski definition) is 2. The molecule has 0 aliphatic carbocycles. The molecule has 10 heteroatoms. The Labute approximate surface area is 127 Å². The molecule has 0 aromatic heterocycles. The van der Waals surface area contributed by atoms with Gasteiger partial charge in [-0.2, -0.15) is 0 Å². The Kier molecular flexibility index (Phi) is 4.13. The molecule has 22 heavy (non-hydrogen) atoms. The van der Waals surface area contributed by atoms with Crippen LogP contribution in [0, 0.1) is 10.1 Å². The number of nitrogens with zero attached hydrogens (tertiary/aromatic N) is 2. The van der Waals surface area contributed by atoms with E-state index in [9.17, 15) is 29.6 Å². The number of aliphatic carboxylic acids is 1. The molecule has 0 saturated carbocycles. The Hall–Kier alpha value is -2.88. The second-order valence-electron chi connectivity index (χ2n) is 4.16. The highest BCUT2D eigenvalue weighted by atomic mass is 32.2. The van der Waals surface area contributed by atoms with Gasteiger partial charge in [-0.1, -0.05) is 0 Å². The van der Waals surface area contributed by atoms with Crippen molar-refractivity contribution in [3.8, 4) is 5.75 Å². The van der Waals surface area contributed by atoms with Crippen molar-refractivity contribution in [2.75, 3.05) is 6.54 Å². The van der Waals surface area contributed by atoms with Gasteiger partial charge in [0.1, 0.15) is 12.3 Å². The minimum atomic E-state index is -1.35. The summed E-state index contributed by atoms with van der Waals surface area (Å²) in [6, 6.07) is 3.22. The van der Waals surface area contributed by atoms with Gasteiger partial charge >= 0.3 is 5.97 Å². The monoisotopic (exact) mass is 324 g/mol. The fraction of sp³-hybridized carbons (Fsp3) is 0.0833. The van der Waals surface area contributed by atoms with Crippen molar-refractivity contribution in [1.29, 1.82) is 0 Å². The first-order valence-electron chi connectivity index (χ1n) is 5.74. The van der Waals surface area contributed by atoms with Crippen molar-refractivity contribution in [3.05, 3.63) is 38.8 Å². The normalized spacial score (nSPS) is 16.4. The van der Waals surface area contributed by atoms with Crippen LogP contribution < -0.4 is 0 Å². The second-order valence-corrected chi connectivity index (χ2v) is 5.16. The molecule has 1 heterocycles. The molecule has 0 unspecified atom stereocenters. The molecular formula is C12H8N2O7S.